The first kappa shape index (κ1) is 15.5. The van der Waals surface area contributed by atoms with Gasteiger partial charge in [0.05, 0.1) is 13.7 Å². The van der Waals surface area contributed by atoms with Crippen molar-refractivity contribution in [2.24, 2.45) is 5.73 Å². The lowest BCUT2D eigenvalue weighted by Gasteiger charge is -2.21. The number of hydrogen-bond acceptors (Lipinski definition) is 4. The molecule has 0 aliphatic rings. The summed E-state index contributed by atoms with van der Waals surface area (Å²) >= 11 is 0. The van der Waals surface area contributed by atoms with E-state index in [9.17, 15) is 4.79 Å². The van der Waals surface area contributed by atoms with Gasteiger partial charge in [0.15, 0.2) is 0 Å². The molecule has 1 aromatic rings. The number of hydrogen-bond donors (Lipinski definition) is 1. The zero-order valence-electron chi connectivity index (χ0n) is 11.9. The molecule has 0 bridgehead atoms. The van der Waals surface area contributed by atoms with Crippen molar-refractivity contribution in [1.29, 1.82) is 0 Å². The number of benzene rings is 1. The third-order valence-electron chi connectivity index (χ3n) is 3.07. The molecule has 0 amide bonds. The monoisotopic (exact) mass is 265 g/mol. The summed E-state index contributed by atoms with van der Waals surface area (Å²) in [5.41, 5.74) is 6.17. The second-order valence-electron chi connectivity index (χ2n) is 4.86. The molecule has 1 aromatic carbocycles. The molecule has 106 valence electrons. The van der Waals surface area contributed by atoms with Gasteiger partial charge in [0.25, 0.3) is 0 Å². The lowest BCUT2D eigenvalue weighted by molar-refractivity contribution is -0.146. The first-order valence-corrected chi connectivity index (χ1v) is 6.58. The second kappa shape index (κ2) is 7.14. The third kappa shape index (κ3) is 4.91. The number of rotatable bonds is 7. The molecule has 4 nitrogen and oxygen atoms in total. The van der Waals surface area contributed by atoms with Gasteiger partial charge in [0, 0.05) is 0 Å². The molecule has 1 rings (SSSR count). The van der Waals surface area contributed by atoms with E-state index < -0.39 is 5.54 Å². The van der Waals surface area contributed by atoms with Crippen LogP contribution in [0.15, 0.2) is 24.3 Å². The molecule has 0 fully saturated rings. The number of carbonyl (C=O) groups excluding carboxylic acids is 1. The molecule has 0 saturated heterocycles. The van der Waals surface area contributed by atoms with Gasteiger partial charge in [-0.1, -0.05) is 19.1 Å². The fourth-order valence-corrected chi connectivity index (χ4v) is 1.82. The third-order valence-corrected chi connectivity index (χ3v) is 3.07. The Morgan fingerprint density at radius 1 is 1.42 bits per heavy atom. The molecule has 4 heteroatoms. The first-order valence-electron chi connectivity index (χ1n) is 6.58. The Kier molecular flexibility index (Phi) is 5.83. The van der Waals surface area contributed by atoms with Crippen LogP contribution in [0.4, 0.5) is 0 Å². The van der Waals surface area contributed by atoms with Crippen LogP contribution >= 0.6 is 0 Å². The lowest BCUT2D eigenvalue weighted by atomic mass is 9.98. The predicted octanol–water partition coefficient (Wildman–Crippen LogP) is 2.30. The minimum atomic E-state index is -0.941. The maximum absolute atomic E-state index is 11.4. The molecule has 2 N–H and O–H groups in total. The summed E-state index contributed by atoms with van der Waals surface area (Å²) in [5, 5.41) is 0. The van der Waals surface area contributed by atoms with Gasteiger partial charge in [-0.15, -0.1) is 0 Å². The van der Waals surface area contributed by atoms with Crippen LogP contribution < -0.4 is 10.5 Å². The summed E-state index contributed by atoms with van der Waals surface area (Å²) in [6.45, 7) is 4.32. The van der Waals surface area contributed by atoms with Gasteiger partial charge in [-0.25, -0.2) is 0 Å². The maximum atomic E-state index is 11.4. The Morgan fingerprint density at radius 2 is 2.16 bits per heavy atom. The number of carbonyl (C=O) groups is 1. The van der Waals surface area contributed by atoms with Crippen LogP contribution in [0.5, 0.6) is 5.75 Å². The van der Waals surface area contributed by atoms with Crippen molar-refractivity contribution in [2.75, 3.05) is 13.7 Å². The highest BCUT2D eigenvalue weighted by Crippen LogP contribution is 2.15. The molecule has 0 aliphatic carbocycles. The molecule has 19 heavy (non-hydrogen) atoms. The molecule has 0 heterocycles. The highest BCUT2D eigenvalue weighted by atomic mass is 16.5. The SMILES string of the molecule is CCc1cccc(OCCCC(C)(N)C(=O)OC)c1. The summed E-state index contributed by atoms with van der Waals surface area (Å²) in [4.78, 5) is 11.4. The maximum Gasteiger partial charge on any atom is 0.325 e. The van der Waals surface area contributed by atoms with E-state index in [2.05, 4.69) is 17.7 Å². The summed E-state index contributed by atoms with van der Waals surface area (Å²) in [6, 6.07) is 8.01. The zero-order chi connectivity index (χ0) is 14.3. The Bertz CT molecular complexity index is 416. The van der Waals surface area contributed by atoms with Crippen LogP contribution in [-0.2, 0) is 16.0 Å². The highest BCUT2D eigenvalue weighted by Gasteiger charge is 2.28. The van der Waals surface area contributed by atoms with Crippen molar-refractivity contribution in [1.82, 2.24) is 0 Å². The van der Waals surface area contributed by atoms with Gasteiger partial charge >= 0.3 is 5.97 Å². The van der Waals surface area contributed by atoms with Gasteiger partial charge in [-0.3, -0.25) is 4.79 Å². The molecular formula is C15H23NO3. The van der Waals surface area contributed by atoms with E-state index in [-0.39, 0.29) is 5.97 Å². The first-order chi connectivity index (χ1) is 8.99. The quantitative estimate of drug-likeness (QED) is 0.607. The van der Waals surface area contributed by atoms with E-state index in [1.807, 2.05) is 18.2 Å². The Hall–Kier alpha value is -1.55. The van der Waals surface area contributed by atoms with Crippen LogP contribution in [-0.4, -0.2) is 25.2 Å². The topological polar surface area (TPSA) is 61.5 Å². The highest BCUT2D eigenvalue weighted by molar-refractivity contribution is 5.79. The molecule has 0 aromatic heterocycles. The minimum absolute atomic E-state index is 0.388. The van der Waals surface area contributed by atoms with Gasteiger partial charge < -0.3 is 15.2 Å². The molecule has 0 spiro atoms. The van der Waals surface area contributed by atoms with Gasteiger partial charge in [-0.05, 0) is 43.9 Å². The van der Waals surface area contributed by atoms with Gasteiger partial charge in [-0.2, -0.15) is 0 Å². The molecule has 1 atom stereocenters. The van der Waals surface area contributed by atoms with Crippen LogP contribution in [0.1, 0.15) is 32.3 Å². The summed E-state index contributed by atoms with van der Waals surface area (Å²) in [5.74, 6) is 0.469. The zero-order valence-corrected chi connectivity index (χ0v) is 11.9. The second-order valence-corrected chi connectivity index (χ2v) is 4.86. The van der Waals surface area contributed by atoms with E-state index in [1.165, 1.54) is 12.7 Å². The molecule has 0 aliphatic heterocycles. The largest absolute Gasteiger partial charge is 0.494 e. The summed E-state index contributed by atoms with van der Waals surface area (Å²) in [6.07, 6.45) is 2.23. The Morgan fingerprint density at radius 3 is 2.79 bits per heavy atom. The van der Waals surface area contributed by atoms with Crippen LogP contribution in [0.2, 0.25) is 0 Å². The fourth-order valence-electron chi connectivity index (χ4n) is 1.82. The van der Waals surface area contributed by atoms with Crippen LogP contribution in [0.3, 0.4) is 0 Å². The van der Waals surface area contributed by atoms with E-state index >= 15 is 0 Å². The van der Waals surface area contributed by atoms with Crippen LogP contribution in [0.25, 0.3) is 0 Å². The molecule has 0 radical (unpaired) electrons. The summed E-state index contributed by atoms with van der Waals surface area (Å²) in [7, 11) is 1.35. The number of aryl methyl sites for hydroxylation is 1. The van der Waals surface area contributed by atoms with Crippen molar-refractivity contribution < 1.29 is 14.3 Å². The minimum Gasteiger partial charge on any atom is -0.494 e. The average molecular weight is 265 g/mol. The van der Waals surface area contributed by atoms with Crippen molar-refractivity contribution in [2.45, 2.75) is 38.6 Å². The number of methoxy groups -OCH3 is 1. The smallest absolute Gasteiger partial charge is 0.325 e. The lowest BCUT2D eigenvalue weighted by Crippen LogP contribution is -2.45. The number of esters is 1. The molecule has 1 unspecified atom stereocenters. The van der Waals surface area contributed by atoms with Crippen molar-refractivity contribution in [3.63, 3.8) is 0 Å². The van der Waals surface area contributed by atoms with Gasteiger partial charge in [0.1, 0.15) is 11.3 Å². The standard InChI is InChI=1S/C15H23NO3/c1-4-12-7-5-8-13(11-12)19-10-6-9-15(2,16)14(17)18-3/h5,7-8,11H,4,6,9-10,16H2,1-3H3. The van der Waals surface area contributed by atoms with E-state index in [4.69, 9.17) is 10.5 Å². The Balaban J connectivity index is 2.36. The van der Waals surface area contributed by atoms with Crippen molar-refractivity contribution >= 4 is 5.97 Å². The number of ether oxygens (including phenoxy) is 2. The average Bonchev–Trinajstić information content (AvgIpc) is 2.43. The molecular weight excluding hydrogens is 242 g/mol. The predicted molar refractivity (Wildman–Crippen MR) is 75.2 cm³/mol. The van der Waals surface area contributed by atoms with Gasteiger partial charge in [0.2, 0.25) is 0 Å². The van der Waals surface area contributed by atoms with Crippen LogP contribution in [0, 0.1) is 0 Å². The van der Waals surface area contributed by atoms with Crippen molar-refractivity contribution in [3.05, 3.63) is 29.8 Å². The van der Waals surface area contributed by atoms with Crippen molar-refractivity contribution in [3.8, 4) is 5.75 Å². The van der Waals surface area contributed by atoms with E-state index in [0.29, 0.717) is 19.4 Å². The van der Waals surface area contributed by atoms with E-state index in [0.717, 1.165) is 12.2 Å². The Labute approximate surface area is 114 Å². The fraction of sp³-hybridized carbons (Fsp3) is 0.533. The van der Waals surface area contributed by atoms with E-state index in [1.54, 1.807) is 6.92 Å². The summed E-state index contributed by atoms with van der Waals surface area (Å²) < 4.78 is 10.3. The number of nitrogens with two attached hydrogens (primary N) is 1. The molecule has 0 saturated carbocycles. The normalized spacial score (nSPS) is 13.7.